The third-order valence-electron chi connectivity index (χ3n) is 3.24. The predicted octanol–water partition coefficient (Wildman–Crippen LogP) is 3.20. The first-order valence-electron chi connectivity index (χ1n) is 6.24. The molecule has 19 heavy (non-hydrogen) atoms. The Morgan fingerprint density at radius 1 is 1.37 bits per heavy atom. The van der Waals surface area contributed by atoms with Crippen LogP contribution in [-0.2, 0) is 7.05 Å². The number of aromatic nitrogens is 2. The van der Waals surface area contributed by atoms with E-state index >= 15 is 0 Å². The molecular weight excluding hydrogens is 262 g/mol. The van der Waals surface area contributed by atoms with Gasteiger partial charge in [0.25, 0.3) is 5.91 Å². The highest BCUT2D eigenvalue weighted by molar-refractivity contribution is 6.30. The fourth-order valence-corrected chi connectivity index (χ4v) is 2.10. The number of nitrogens with zero attached hydrogens (tertiary/aromatic N) is 2. The lowest BCUT2D eigenvalue weighted by molar-refractivity contribution is 0.102. The number of hydrogen-bond donors (Lipinski definition) is 1. The standard InChI is InChI=1S/C14H14ClN3O/c1-18-13(8-12(17-18)9-2-3-9)16-14(19)10-4-6-11(15)7-5-10/h4-9H,2-3H2,1H3,(H,16,19). The SMILES string of the molecule is Cn1nc(C2CC2)cc1NC(=O)c1ccc(Cl)cc1. The summed E-state index contributed by atoms with van der Waals surface area (Å²) in [6.45, 7) is 0. The maximum absolute atomic E-state index is 12.1. The van der Waals surface area contributed by atoms with E-state index in [2.05, 4.69) is 10.4 Å². The third-order valence-corrected chi connectivity index (χ3v) is 3.49. The average molecular weight is 276 g/mol. The molecule has 0 radical (unpaired) electrons. The maximum atomic E-state index is 12.1. The van der Waals surface area contributed by atoms with Crippen LogP contribution in [0.15, 0.2) is 30.3 Å². The van der Waals surface area contributed by atoms with E-state index in [9.17, 15) is 4.79 Å². The van der Waals surface area contributed by atoms with Crippen LogP contribution in [0.3, 0.4) is 0 Å². The smallest absolute Gasteiger partial charge is 0.256 e. The molecule has 4 nitrogen and oxygen atoms in total. The first-order valence-corrected chi connectivity index (χ1v) is 6.62. The van der Waals surface area contributed by atoms with Gasteiger partial charge in [0.15, 0.2) is 0 Å². The van der Waals surface area contributed by atoms with E-state index in [1.165, 1.54) is 12.8 Å². The minimum Gasteiger partial charge on any atom is -0.307 e. The first kappa shape index (κ1) is 12.2. The summed E-state index contributed by atoms with van der Waals surface area (Å²) in [5.74, 6) is 1.15. The Morgan fingerprint density at radius 2 is 2.05 bits per heavy atom. The van der Waals surface area contributed by atoms with E-state index in [0.717, 1.165) is 11.5 Å². The van der Waals surface area contributed by atoms with Crippen molar-refractivity contribution in [3.05, 3.63) is 46.6 Å². The number of halogens is 1. The Morgan fingerprint density at radius 3 is 2.68 bits per heavy atom. The Balaban J connectivity index is 1.77. The first-order chi connectivity index (χ1) is 9.13. The Kier molecular flexibility index (Phi) is 3.03. The van der Waals surface area contributed by atoms with Gasteiger partial charge in [-0.1, -0.05) is 11.6 Å². The van der Waals surface area contributed by atoms with E-state index in [4.69, 9.17) is 11.6 Å². The quantitative estimate of drug-likeness (QED) is 0.935. The van der Waals surface area contributed by atoms with Crippen molar-refractivity contribution < 1.29 is 4.79 Å². The summed E-state index contributed by atoms with van der Waals surface area (Å²) in [5.41, 5.74) is 1.65. The molecule has 2 aromatic rings. The topological polar surface area (TPSA) is 46.9 Å². The molecule has 1 aromatic carbocycles. The fourth-order valence-electron chi connectivity index (χ4n) is 1.97. The summed E-state index contributed by atoms with van der Waals surface area (Å²) in [7, 11) is 1.84. The van der Waals surface area contributed by atoms with Crippen LogP contribution >= 0.6 is 11.6 Å². The van der Waals surface area contributed by atoms with Crippen LogP contribution < -0.4 is 5.32 Å². The molecule has 0 saturated heterocycles. The summed E-state index contributed by atoms with van der Waals surface area (Å²) in [5, 5.41) is 7.90. The van der Waals surface area contributed by atoms with Gasteiger partial charge >= 0.3 is 0 Å². The summed E-state index contributed by atoms with van der Waals surface area (Å²) in [6, 6.07) is 8.77. The lowest BCUT2D eigenvalue weighted by Gasteiger charge is -2.04. The molecule has 1 amide bonds. The van der Waals surface area contributed by atoms with Crippen LogP contribution in [-0.4, -0.2) is 15.7 Å². The Hall–Kier alpha value is -1.81. The van der Waals surface area contributed by atoms with Gasteiger partial charge in [-0.3, -0.25) is 9.48 Å². The largest absolute Gasteiger partial charge is 0.307 e. The van der Waals surface area contributed by atoms with Gasteiger partial charge in [-0.05, 0) is 37.1 Å². The molecule has 0 aliphatic heterocycles. The second-order valence-electron chi connectivity index (χ2n) is 4.81. The van der Waals surface area contributed by atoms with Crippen LogP contribution in [0.4, 0.5) is 5.82 Å². The average Bonchev–Trinajstić information content (AvgIpc) is 3.17. The van der Waals surface area contributed by atoms with Gasteiger partial charge in [-0.15, -0.1) is 0 Å². The van der Waals surface area contributed by atoms with E-state index in [1.807, 2.05) is 13.1 Å². The molecule has 1 heterocycles. The van der Waals surface area contributed by atoms with E-state index in [1.54, 1.807) is 28.9 Å². The second-order valence-corrected chi connectivity index (χ2v) is 5.25. The number of rotatable bonds is 3. The van der Waals surface area contributed by atoms with Crippen LogP contribution in [0.25, 0.3) is 0 Å². The second kappa shape index (κ2) is 4.70. The minimum atomic E-state index is -0.151. The number of hydrogen-bond acceptors (Lipinski definition) is 2. The fraction of sp³-hybridized carbons (Fsp3) is 0.286. The molecule has 98 valence electrons. The van der Waals surface area contributed by atoms with Crippen molar-refractivity contribution >= 4 is 23.3 Å². The zero-order valence-electron chi connectivity index (χ0n) is 10.6. The number of carbonyl (C=O) groups is 1. The zero-order valence-corrected chi connectivity index (χ0v) is 11.3. The lowest BCUT2D eigenvalue weighted by Crippen LogP contribution is -2.14. The van der Waals surface area contributed by atoms with Crippen molar-refractivity contribution in [2.45, 2.75) is 18.8 Å². The lowest BCUT2D eigenvalue weighted by atomic mass is 10.2. The molecule has 1 aliphatic carbocycles. The number of benzene rings is 1. The van der Waals surface area contributed by atoms with Gasteiger partial charge in [0.1, 0.15) is 5.82 Å². The summed E-state index contributed by atoms with van der Waals surface area (Å²) in [6.07, 6.45) is 2.39. The molecular formula is C14H14ClN3O. The van der Waals surface area contributed by atoms with Gasteiger partial charge in [-0.2, -0.15) is 5.10 Å². The number of aryl methyl sites for hydroxylation is 1. The Bertz CT molecular complexity index is 614. The van der Waals surface area contributed by atoms with Gasteiger partial charge in [0.05, 0.1) is 5.69 Å². The highest BCUT2D eigenvalue weighted by atomic mass is 35.5. The van der Waals surface area contributed by atoms with Crippen molar-refractivity contribution in [1.29, 1.82) is 0 Å². The van der Waals surface area contributed by atoms with Gasteiger partial charge < -0.3 is 5.32 Å². The molecule has 0 atom stereocenters. The van der Waals surface area contributed by atoms with Crippen molar-refractivity contribution in [3.63, 3.8) is 0 Å². The molecule has 5 heteroatoms. The molecule has 0 bridgehead atoms. The van der Waals surface area contributed by atoms with Crippen LogP contribution in [0, 0.1) is 0 Å². The van der Waals surface area contributed by atoms with Crippen LogP contribution in [0.2, 0.25) is 5.02 Å². The van der Waals surface area contributed by atoms with Gasteiger partial charge in [-0.25, -0.2) is 0 Å². The molecule has 3 rings (SSSR count). The third kappa shape index (κ3) is 2.63. The highest BCUT2D eigenvalue weighted by Crippen LogP contribution is 2.39. The predicted molar refractivity (Wildman–Crippen MR) is 74.6 cm³/mol. The maximum Gasteiger partial charge on any atom is 0.256 e. The summed E-state index contributed by atoms with van der Waals surface area (Å²) >= 11 is 5.80. The highest BCUT2D eigenvalue weighted by Gasteiger charge is 2.27. The van der Waals surface area contributed by atoms with E-state index in [0.29, 0.717) is 16.5 Å². The van der Waals surface area contributed by atoms with Crippen molar-refractivity contribution in [2.24, 2.45) is 7.05 Å². The van der Waals surface area contributed by atoms with Crippen molar-refractivity contribution in [1.82, 2.24) is 9.78 Å². The molecule has 0 unspecified atom stereocenters. The summed E-state index contributed by atoms with van der Waals surface area (Å²) < 4.78 is 1.71. The number of anilines is 1. The number of amides is 1. The molecule has 1 fully saturated rings. The van der Waals surface area contributed by atoms with Crippen molar-refractivity contribution in [2.75, 3.05) is 5.32 Å². The summed E-state index contributed by atoms with van der Waals surface area (Å²) in [4.78, 5) is 12.1. The monoisotopic (exact) mass is 275 g/mol. The van der Waals surface area contributed by atoms with Crippen LogP contribution in [0.1, 0.15) is 34.8 Å². The molecule has 1 saturated carbocycles. The van der Waals surface area contributed by atoms with E-state index in [-0.39, 0.29) is 5.91 Å². The van der Waals surface area contributed by atoms with Crippen molar-refractivity contribution in [3.8, 4) is 0 Å². The van der Waals surface area contributed by atoms with Gasteiger partial charge in [0.2, 0.25) is 0 Å². The normalized spacial score (nSPS) is 14.4. The van der Waals surface area contributed by atoms with E-state index < -0.39 is 0 Å². The molecule has 0 spiro atoms. The number of nitrogens with one attached hydrogen (secondary N) is 1. The van der Waals surface area contributed by atoms with Crippen LogP contribution in [0.5, 0.6) is 0 Å². The van der Waals surface area contributed by atoms with Gasteiger partial charge in [0, 0.05) is 29.6 Å². The molecule has 1 aliphatic rings. The zero-order chi connectivity index (χ0) is 13.4. The Labute approximate surface area is 116 Å². The molecule has 1 N–H and O–H groups in total. The minimum absolute atomic E-state index is 0.151. The molecule has 1 aromatic heterocycles. The number of carbonyl (C=O) groups excluding carboxylic acids is 1.